The molecule has 1 aromatic rings. The van der Waals surface area contributed by atoms with Crippen molar-refractivity contribution in [3.63, 3.8) is 0 Å². The first-order chi connectivity index (χ1) is 11.6. The fourth-order valence-electron chi connectivity index (χ4n) is 2.42. The van der Waals surface area contributed by atoms with E-state index in [9.17, 15) is 27.6 Å². The Morgan fingerprint density at radius 2 is 2.08 bits per heavy atom. The molecule has 1 atom stereocenters. The van der Waals surface area contributed by atoms with Gasteiger partial charge in [0.2, 0.25) is 5.91 Å². The van der Waals surface area contributed by atoms with Gasteiger partial charge < -0.3 is 14.6 Å². The molecule has 1 aliphatic rings. The second-order valence-electron chi connectivity index (χ2n) is 6.04. The first-order valence-electron chi connectivity index (χ1n) is 7.57. The summed E-state index contributed by atoms with van der Waals surface area (Å²) in [4.78, 5) is 37.4. The first-order valence-corrected chi connectivity index (χ1v) is 7.57. The van der Waals surface area contributed by atoms with E-state index in [1.807, 2.05) is 0 Å². The summed E-state index contributed by atoms with van der Waals surface area (Å²) in [6, 6.07) is 1.33. The number of carbonyl (C=O) groups excluding carboxylic acids is 3. The molecule has 0 saturated carbocycles. The Kier molecular flexibility index (Phi) is 5.39. The van der Waals surface area contributed by atoms with Gasteiger partial charge in [0.1, 0.15) is 24.9 Å². The van der Waals surface area contributed by atoms with Crippen LogP contribution in [0.1, 0.15) is 19.6 Å². The maximum Gasteiger partial charge on any atom is 0.406 e. The fourth-order valence-corrected chi connectivity index (χ4v) is 2.42. The van der Waals surface area contributed by atoms with Crippen LogP contribution in [-0.4, -0.2) is 53.0 Å². The molecule has 0 bridgehead atoms. The van der Waals surface area contributed by atoms with Crippen molar-refractivity contribution >= 4 is 17.8 Å². The third kappa shape index (κ3) is 4.74. The molecule has 0 aromatic carbocycles. The van der Waals surface area contributed by atoms with Gasteiger partial charge in [0.15, 0.2) is 0 Å². The lowest BCUT2D eigenvalue weighted by molar-refractivity contribution is -0.163. The van der Waals surface area contributed by atoms with E-state index in [2.05, 4.69) is 5.32 Å². The molecule has 0 spiro atoms. The van der Waals surface area contributed by atoms with E-state index < -0.39 is 49.7 Å². The molecular formula is C15H18F3N3O4. The van der Waals surface area contributed by atoms with Crippen molar-refractivity contribution in [2.24, 2.45) is 5.92 Å². The second-order valence-corrected chi connectivity index (χ2v) is 6.04. The molecule has 2 rings (SSSR count). The topological polar surface area (TPSA) is 82.9 Å². The number of hydrogen-bond donors (Lipinski definition) is 1. The lowest BCUT2D eigenvalue weighted by atomic mass is 10.1. The largest absolute Gasteiger partial charge is 0.467 e. The predicted octanol–water partition coefficient (Wildman–Crippen LogP) is 1.75. The number of urea groups is 1. The minimum absolute atomic E-state index is 0.162. The summed E-state index contributed by atoms with van der Waals surface area (Å²) in [7, 11) is 0. The molecule has 1 aromatic heterocycles. The van der Waals surface area contributed by atoms with Crippen LogP contribution in [0.15, 0.2) is 22.8 Å². The summed E-state index contributed by atoms with van der Waals surface area (Å²) in [6.07, 6.45) is -3.35. The molecule has 4 amide bonds. The molecule has 1 N–H and O–H groups in total. The Labute approximate surface area is 141 Å². The van der Waals surface area contributed by atoms with Gasteiger partial charge >= 0.3 is 12.2 Å². The van der Waals surface area contributed by atoms with Crippen LogP contribution in [0.4, 0.5) is 18.0 Å². The van der Waals surface area contributed by atoms with Crippen molar-refractivity contribution in [3.05, 3.63) is 24.2 Å². The number of amides is 4. The standard InChI is InChI=1S/C15H18F3N3O4/c1-9(2)12-13(23)21(14(24)19-12)7-11(22)20(8-15(16,17)18)6-10-4-3-5-25-10/h3-5,9,12H,6-8H2,1-2H3,(H,19,24). The zero-order valence-electron chi connectivity index (χ0n) is 13.7. The van der Waals surface area contributed by atoms with Crippen molar-refractivity contribution in [2.45, 2.75) is 32.6 Å². The van der Waals surface area contributed by atoms with E-state index in [4.69, 9.17) is 4.42 Å². The van der Waals surface area contributed by atoms with Gasteiger partial charge in [0.05, 0.1) is 12.8 Å². The second kappa shape index (κ2) is 7.16. The Hall–Kier alpha value is -2.52. The Balaban J connectivity index is 2.11. The molecular weight excluding hydrogens is 343 g/mol. The van der Waals surface area contributed by atoms with E-state index in [-0.39, 0.29) is 11.7 Å². The van der Waals surface area contributed by atoms with Crippen LogP contribution in [0.25, 0.3) is 0 Å². The van der Waals surface area contributed by atoms with E-state index in [1.165, 1.54) is 18.4 Å². The maximum atomic E-state index is 12.7. The van der Waals surface area contributed by atoms with Gasteiger partial charge in [0.25, 0.3) is 5.91 Å². The molecule has 10 heteroatoms. The number of nitrogens with one attached hydrogen (secondary N) is 1. The molecule has 1 fully saturated rings. The van der Waals surface area contributed by atoms with Crippen molar-refractivity contribution in [3.8, 4) is 0 Å². The number of imide groups is 1. The molecule has 1 unspecified atom stereocenters. The molecule has 2 heterocycles. The van der Waals surface area contributed by atoms with Gasteiger partial charge in [-0.3, -0.25) is 14.5 Å². The lowest BCUT2D eigenvalue weighted by Crippen LogP contribution is -2.46. The summed E-state index contributed by atoms with van der Waals surface area (Å²) in [6.45, 7) is 0.735. The van der Waals surface area contributed by atoms with E-state index in [1.54, 1.807) is 13.8 Å². The summed E-state index contributed by atoms with van der Waals surface area (Å²) in [5.41, 5.74) is 0. The van der Waals surface area contributed by atoms with Gasteiger partial charge in [-0.15, -0.1) is 0 Å². The Morgan fingerprint density at radius 1 is 1.40 bits per heavy atom. The minimum atomic E-state index is -4.63. The molecule has 0 aliphatic carbocycles. The highest BCUT2D eigenvalue weighted by Gasteiger charge is 2.42. The summed E-state index contributed by atoms with van der Waals surface area (Å²) >= 11 is 0. The van der Waals surface area contributed by atoms with Crippen LogP contribution >= 0.6 is 0 Å². The Morgan fingerprint density at radius 3 is 2.56 bits per heavy atom. The third-order valence-electron chi connectivity index (χ3n) is 3.67. The average molecular weight is 361 g/mol. The zero-order chi connectivity index (χ0) is 18.8. The maximum absolute atomic E-state index is 12.7. The van der Waals surface area contributed by atoms with Gasteiger partial charge in [-0.25, -0.2) is 4.79 Å². The van der Waals surface area contributed by atoms with Crippen molar-refractivity contribution < 1.29 is 32.0 Å². The minimum Gasteiger partial charge on any atom is -0.467 e. The van der Waals surface area contributed by atoms with Crippen LogP contribution in [0.5, 0.6) is 0 Å². The molecule has 1 aliphatic heterocycles. The first kappa shape index (κ1) is 18.8. The summed E-state index contributed by atoms with van der Waals surface area (Å²) < 4.78 is 43.2. The summed E-state index contributed by atoms with van der Waals surface area (Å²) in [5.74, 6) is -1.67. The van der Waals surface area contributed by atoms with Crippen molar-refractivity contribution in [1.82, 2.24) is 15.1 Å². The smallest absolute Gasteiger partial charge is 0.406 e. The zero-order valence-corrected chi connectivity index (χ0v) is 13.7. The van der Waals surface area contributed by atoms with E-state index in [0.29, 0.717) is 9.80 Å². The lowest BCUT2D eigenvalue weighted by Gasteiger charge is -2.24. The van der Waals surface area contributed by atoms with Crippen molar-refractivity contribution in [2.75, 3.05) is 13.1 Å². The molecule has 25 heavy (non-hydrogen) atoms. The number of halogens is 3. The Bertz CT molecular complexity index is 643. The average Bonchev–Trinajstić information content (AvgIpc) is 3.08. The van der Waals surface area contributed by atoms with Crippen LogP contribution in [-0.2, 0) is 16.1 Å². The quantitative estimate of drug-likeness (QED) is 0.783. The molecule has 7 nitrogen and oxygen atoms in total. The number of furan rings is 1. The fraction of sp³-hybridized carbons (Fsp3) is 0.533. The number of rotatable bonds is 6. The monoisotopic (exact) mass is 361 g/mol. The van der Waals surface area contributed by atoms with Crippen LogP contribution in [0, 0.1) is 5.92 Å². The van der Waals surface area contributed by atoms with Gasteiger partial charge in [-0.1, -0.05) is 13.8 Å². The van der Waals surface area contributed by atoms with E-state index in [0.717, 1.165) is 0 Å². The van der Waals surface area contributed by atoms with E-state index >= 15 is 0 Å². The highest BCUT2D eigenvalue weighted by molar-refractivity contribution is 6.06. The highest BCUT2D eigenvalue weighted by Crippen LogP contribution is 2.20. The SMILES string of the molecule is CC(C)C1NC(=O)N(CC(=O)N(Cc2ccco2)CC(F)(F)F)C1=O. The number of nitrogens with zero attached hydrogens (tertiary/aromatic N) is 2. The summed E-state index contributed by atoms with van der Waals surface area (Å²) in [5, 5.41) is 2.42. The van der Waals surface area contributed by atoms with Gasteiger partial charge in [-0.05, 0) is 18.1 Å². The predicted molar refractivity (Wildman–Crippen MR) is 79.1 cm³/mol. The molecule has 138 valence electrons. The molecule has 1 saturated heterocycles. The van der Waals surface area contributed by atoms with Crippen LogP contribution in [0.3, 0.4) is 0 Å². The number of alkyl halides is 3. The van der Waals surface area contributed by atoms with Gasteiger partial charge in [-0.2, -0.15) is 13.2 Å². The highest BCUT2D eigenvalue weighted by atomic mass is 19.4. The van der Waals surface area contributed by atoms with Gasteiger partial charge in [0, 0.05) is 0 Å². The third-order valence-corrected chi connectivity index (χ3v) is 3.67. The van der Waals surface area contributed by atoms with Crippen LogP contribution < -0.4 is 5.32 Å². The van der Waals surface area contributed by atoms with Crippen molar-refractivity contribution in [1.29, 1.82) is 0 Å². The van der Waals surface area contributed by atoms with Crippen LogP contribution in [0.2, 0.25) is 0 Å². The molecule has 0 radical (unpaired) electrons. The normalized spacial score (nSPS) is 18.0. The number of carbonyl (C=O) groups is 3. The number of hydrogen-bond acceptors (Lipinski definition) is 4.